The largest absolute Gasteiger partial charge is 0.467 e. The normalized spacial score (nSPS) is 11.3. The molecule has 5 rings (SSSR count). The molecular weight excluding hydrogens is 418 g/mol. The predicted octanol–water partition coefficient (Wildman–Crippen LogP) is 3.32. The molecule has 0 spiro atoms. The van der Waals surface area contributed by atoms with Crippen molar-refractivity contribution < 1.29 is 13.2 Å². The fourth-order valence-corrected chi connectivity index (χ4v) is 3.64. The van der Waals surface area contributed by atoms with E-state index < -0.39 is 22.9 Å². The molecule has 0 aliphatic heterocycles. The summed E-state index contributed by atoms with van der Waals surface area (Å²) in [5.41, 5.74) is -0.209. The Bertz CT molecular complexity index is 1530. The lowest BCUT2D eigenvalue weighted by Gasteiger charge is -2.12. The summed E-state index contributed by atoms with van der Waals surface area (Å²) in [6, 6.07) is 15.3. The van der Waals surface area contributed by atoms with Gasteiger partial charge in [0.1, 0.15) is 17.4 Å². The van der Waals surface area contributed by atoms with Gasteiger partial charge in [-0.2, -0.15) is 0 Å². The van der Waals surface area contributed by atoms with Gasteiger partial charge in [0.2, 0.25) is 0 Å². The smallest absolute Gasteiger partial charge is 0.337 e. The number of hydrogen-bond acceptors (Lipinski definition) is 4. The molecule has 0 amide bonds. The van der Waals surface area contributed by atoms with Gasteiger partial charge in [-0.1, -0.05) is 24.3 Å². The summed E-state index contributed by atoms with van der Waals surface area (Å²) in [6.07, 6.45) is 2.82. The Morgan fingerprint density at radius 2 is 1.75 bits per heavy atom. The predicted molar refractivity (Wildman–Crippen MR) is 113 cm³/mol. The van der Waals surface area contributed by atoms with Crippen LogP contribution in [0, 0.1) is 11.6 Å². The zero-order valence-corrected chi connectivity index (χ0v) is 16.6. The average molecular weight is 434 g/mol. The summed E-state index contributed by atoms with van der Waals surface area (Å²) in [6.45, 7) is -0.144. The SMILES string of the molecule is O=c1c2c(ncn2Cc2ccc(F)cc2F)n(-c2ccccc2)c(=O)n1Cc1ccco1. The van der Waals surface area contributed by atoms with Crippen molar-refractivity contribution in [2.45, 2.75) is 13.1 Å². The van der Waals surface area contributed by atoms with Crippen LogP contribution >= 0.6 is 0 Å². The van der Waals surface area contributed by atoms with E-state index >= 15 is 0 Å². The van der Waals surface area contributed by atoms with Crippen LogP contribution in [-0.2, 0) is 13.1 Å². The average Bonchev–Trinajstić information content (AvgIpc) is 3.44. The van der Waals surface area contributed by atoms with Gasteiger partial charge in [0, 0.05) is 11.6 Å². The second-order valence-electron chi connectivity index (χ2n) is 7.20. The maximum atomic E-state index is 14.3. The van der Waals surface area contributed by atoms with Crippen LogP contribution in [0.25, 0.3) is 16.9 Å². The fraction of sp³-hybridized carbons (Fsp3) is 0.0870. The molecule has 0 aliphatic carbocycles. The first kappa shape index (κ1) is 19.7. The Labute approximate surface area is 179 Å². The van der Waals surface area contributed by atoms with Crippen molar-refractivity contribution in [2.75, 3.05) is 0 Å². The molecule has 0 saturated heterocycles. The van der Waals surface area contributed by atoms with Gasteiger partial charge >= 0.3 is 5.69 Å². The van der Waals surface area contributed by atoms with Crippen LogP contribution in [0.1, 0.15) is 11.3 Å². The monoisotopic (exact) mass is 434 g/mol. The Morgan fingerprint density at radius 1 is 0.938 bits per heavy atom. The minimum atomic E-state index is -0.737. The van der Waals surface area contributed by atoms with Crippen molar-refractivity contribution >= 4 is 11.2 Å². The quantitative estimate of drug-likeness (QED) is 0.425. The highest BCUT2D eigenvalue weighted by atomic mass is 19.1. The van der Waals surface area contributed by atoms with Crippen LogP contribution in [0.4, 0.5) is 8.78 Å². The van der Waals surface area contributed by atoms with Crippen LogP contribution < -0.4 is 11.2 Å². The minimum absolute atomic E-state index is 0.0639. The number of para-hydroxylation sites is 1. The molecule has 0 bridgehead atoms. The van der Waals surface area contributed by atoms with E-state index in [1.165, 1.54) is 27.8 Å². The number of halogens is 2. The Kier molecular flexibility index (Phi) is 4.78. The van der Waals surface area contributed by atoms with E-state index in [9.17, 15) is 18.4 Å². The van der Waals surface area contributed by atoms with Crippen molar-refractivity contribution in [1.29, 1.82) is 0 Å². The van der Waals surface area contributed by atoms with Gasteiger partial charge in [-0.3, -0.25) is 9.36 Å². The van der Waals surface area contributed by atoms with E-state index in [4.69, 9.17) is 4.42 Å². The van der Waals surface area contributed by atoms with E-state index in [1.807, 2.05) is 0 Å². The number of furan rings is 1. The molecule has 5 aromatic rings. The van der Waals surface area contributed by atoms with Gasteiger partial charge in [-0.05, 0) is 30.3 Å². The Hall–Kier alpha value is -4.27. The third-order valence-corrected chi connectivity index (χ3v) is 5.16. The standard InChI is InChI=1S/C23H16F2N4O3/c24-16-9-8-15(19(25)11-16)12-27-14-26-21-20(27)22(30)28(13-18-7-4-10-32-18)23(31)29(21)17-5-2-1-3-6-17/h1-11,14H,12-13H2. The zero-order valence-electron chi connectivity index (χ0n) is 16.6. The summed E-state index contributed by atoms with van der Waals surface area (Å²) in [5.74, 6) is -1.00. The molecule has 160 valence electrons. The molecule has 3 aromatic heterocycles. The second kappa shape index (κ2) is 7.77. The molecule has 0 fully saturated rings. The topological polar surface area (TPSA) is 75.0 Å². The van der Waals surface area contributed by atoms with Crippen LogP contribution in [0.3, 0.4) is 0 Å². The molecule has 0 N–H and O–H groups in total. The number of fused-ring (bicyclic) bond motifs is 1. The van der Waals surface area contributed by atoms with Crippen molar-refractivity contribution in [3.05, 3.63) is 117 Å². The first-order valence-electron chi connectivity index (χ1n) is 9.75. The highest BCUT2D eigenvalue weighted by Crippen LogP contribution is 2.17. The summed E-state index contributed by atoms with van der Waals surface area (Å²) in [4.78, 5) is 31.0. The maximum Gasteiger partial charge on any atom is 0.337 e. The van der Waals surface area contributed by atoms with E-state index in [-0.39, 0.29) is 29.8 Å². The van der Waals surface area contributed by atoms with E-state index in [1.54, 1.807) is 42.5 Å². The molecule has 2 aromatic carbocycles. The molecule has 0 saturated carbocycles. The van der Waals surface area contributed by atoms with Gasteiger partial charge in [0.05, 0.1) is 31.4 Å². The van der Waals surface area contributed by atoms with Gasteiger partial charge in [-0.25, -0.2) is 23.1 Å². The lowest BCUT2D eigenvalue weighted by Crippen LogP contribution is -2.40. The molecule has 0 atom stereocenters. The molecular formula is C23H16F2N4O3. The molecule has 9 heteroatoms. The van der Waals surface area contributed by atoms with Gasteiger partial charge < -0.3 is 8.98 Å². The summed E-state index contributed by atoms with van der Waals surface area (Å²) >= 11 is 0. The Morgan fingerprint density at radius 3 is 2.47 bits per heavy atom. The highest BCUT2D eigenvalue weighted by Gasteiger charge is 2.20. The maximum absolute atomic E-state index is 14.3. The van der Waals surface area contributed by atoms with E-state index in [2.05, 4.69) is 4.98 Å². The van der Waals surface area contributed by atoms with Crippen LogP contribution in [-0.4, -0.2) is 18.7 Å². The highest BCUT2D eigenvalue weighted by molar-refractivity contribution is 5.72. The lowest BCUT2D eigenvalue weighted by molar-refractivity contribution is 0.482. The number of nitrogens with zero attached hydrogens (tertiary/aromatic N) is 4. The molecule has 0 aliphatic rings. The van der Waals surface area contributed by atoms with Crippen molar-refractivity contribution in [2.24, 2.45) is 0 Å². The first-order valence-corrected chi connectivity index (χ1v) is 9.75. The fourth-order valence-electron chi connectivity index (χ4n) is 3.64. The van der Waals surface area contributed by atoms with Crippen molar-refractivity contribution in [1.82, 2.24) is 18.7 Å². The number of hydrogen-bond donors (Lipinski definition) is 0. The summed E-state index contributed by atoms with van der Waals surface area (Å²) in [5, 5.41) is 0. The molecule has 3 heterocycles. The number of imidazole rings is 1. The molecule has 32 heavy (non-hydrogen) atoms. The van der Waals surface area contributed by atoms with Gasteiger partial charge in [0.15, 0.2) is 11.2 Å². The number of aromatic nitrogens is 4. The van der Waals surface area contributed by atoms with Gasteiger partial charge in [0.25, 0.3) is 5.56 Å². The van der Waals surface area contributed by atoms with Crippen LogP contribution in [0.15, 0.2) is 87.3 Å². The first-order chi connectivity index (χ1) is 15.5. The summed E-state index contributed by atoms with van der Waals surface area (Å²) < 4.78 is 36.7. The number of benzene rings is 2. The molecule has 0 unspecified atom stereocenters. The van der Waals surface area contributed by atoms with E-state index in [0.29, 0.717) is 11.4 Å². The van der Waals surface area contributed by atoms with Gasteiger partial charge in [-0.15, -0.1) is 0 Å². The lowest BCUT2D eigenvalue weighted by atomic mass is 10.2. The second-order valence-corrected chi connectivity index (χ2v) is 7.20. The van der Waals surface area contributed by atoms with Crippen molar-refractivity contribution in [3.63, 3.8) is 0 Å². The van der Waals surface area contributed by atoms with Crippen LogP contribution in [0.2, 0.25) is 0 Å². The van der Waals surface area contributed by atoms with Crippen molar-refractivity contribution in [3.8, 4) is 5.69 Å². The van der Waals surface area contributed by atoms with Crippen LogP contribution in [0.5, 0.6) is 0 Å². The zero-order chi connectivity index (χ0) is 22.2. The molecule has 0 radical (unpaired) electrons. The Balaban J connectivity index is 1.76. The van der Waals surface area contributed by atoms with E-state index in [0.717, 1.165) is 16.7 Å². The molecule has 7 nitrogen and oxygen atoms in total. The summed E-state index contributed by atoms with van der Waals surface area (Å²) in [7, 11) is 0. The third-order valence-electron chi connectivity index (χ3n) is 5.16. The minimum Gasteiger partial charge on any atom is -0.467 e. The third kappa shape index (κ3) is 3.33. The number of rotatable bonds is 5.